The van der Waals surface area contributed by atoms with Crippen molar-refractivity contribution in [3.8, 4) is 22.3 Å². The first kappa shape index (κ1) is 36.3. The van der Waals surface area contributed by atoms with E-state index in [0.29, 0.717) is 0 Å². The lowest BCUT2D eigenvalue weighted by atomic mass is 9.45. The second kappa shape index (κ2) is 13.4. The molecule has 2 aliphatic rings. The molecule has 0 saturated carbocycles. The molecule has 0 atom stereocenters. The third-order valence-electron chi connectivity index (χ3n) is 12.8. The molecule has 60 heavy (non-hydrogen) atoms. The second-order valence-electron chi connectivity index (χ2n) is 18.6. The van der Waals surface area contributed by atoms with Crippen LogP contribution in [0.15, 0.2) is 182 Å². The molecule has 0 aliphatic carbocycles. The largest absolute Gasteiger partial charge is 0.375 e. The van der Waals surface area contributed by atoms with E-state index in [1.807, 2.05) is 0 Å². The topological polar surface area (TPSA) is 11.4 Å². The van der Waals surface area contributed by atoms with Gasteiger partial charge in [0, 0.05) is 61.4 Å². The van der Waals surface area contributed by atoms with E-state index in [1.54, 1.807) is 0 Å². The fraction of sp³-hybridized carbons (Fsp3) is 0.143. The van der Waals surface area contributed by atoms with Crippen LogP contribution in [0.25, 0.3) is 44.1 Å². The lowest BCUT2D eigenvalue weighted by Crippen LogP contribution is -2.56. The number of anilines is 6. The van der Waals surface area contributed by atoms with Gasteiger partial charge in [0.2, 0.25) is 0 Å². The van der Waals surface area contributed by atoms with Crippen LogP contribution in [0.4, 0.5) is 34.1 Å². The van der Waals surface area contributed by atoms with Crippen molar-refractivity contribution in [3.63, 3.8) is 0 Å². The van der Waals surface area contributed by atoms with E-state index in [4.69, 9.17) is 0 Å². The number of hydrogen-bond acceptors (Lipinski definition) is 2. The summed E-state index contributed by atoms with van der Waals surface area (Å²) in [7, 11) is 0. The van der Waals surface area contributed by atoms with E-state index in [0.717, 1.165) is 17.1 Å². The van der Waals surface area contributed by atoms with Crippen LogP contribution in [0.1, 0.15) is 52.7 Å². The van der Waals surface area contributed by atoms with E-state index in [9.17, 15) is 0 Å². The molecule has 0 unspecified atom stereocenters. The van der Waals surface area contributed by atoms with Crippen LogP contribution in [0.5, 0.6) is 0 Å². The molecule has 0 saturated heterocycles. The van der Waals surface area contributed by atoms with Crippen molar-refractivity contribution in [1.29, 1.82) is 0 Å². The number of fused-ring (bicyclic) bond motifs is 7. The first-order valence-electron chi connectivity index (χ1n) is 21.3. The molecular weight excluding hydrogens is 725 g/mol. The van der Waals surface area contributed by atoms with Gasteiger partial charge in [0.1, 0.15) is 0 Å². The van der Waals surface area contributed by atoms with E-state index in [1.165, 1.54) is 83.2 Å². The minimum atomic E-state index is -0.0946. The molecule has 3 heterocycles. The first-order chi connectivity index (χ1) is 29.1. The highest BCUT2D eigenvalue weighted by Gasteiger charge is 2.44. The summed E-state index contributed by atoms with van der Waals surface area (Å²) in [6.07, 6.45) is 0. The summed E-state index contributed by atoms with van der Waals surface area (Å²) in [5.41, 5.74) is 19.7. The Kier molecular flexibility index (Phi) is 8.09. The molecule has 9 aromatic rings. The summed E-state index contributed by atoms with van der Waals surface area (Å²) in [5.74, 6) is 0. The van der Waals surface area contributed by atoms with Crippen molar-refractivity contribution in [2.45, 2.75) is 52.4 Å². The minimum Gasteiger partial charge on any atom is -0.375 e. The monoisotopic (exact) mass is 773 g/mol. The van der Waals surface area contributed by atoms with Crippen LogP contribution in [0, 0.1) is 0 Å². The highest BCUT2D eigenvalue weighted by molar-refractivity contribution is 6.90. The van der Waals surface area contributed by atoms with E-state index < -0.39 is 0 Å². The number of benzene rings is 8. The number of hydrogen-bond donors (Lipinski definition) is 0. The van der Waals surface area contributed by atoms with Gasteiger partial charge >= 0.3 is 6.85 Å². The summed E-state index contributed by atoms with van der Waals surface area (Å²) in [5, 5.41) is 2.60. The van der Waals surface area contributed by atoms with Crippen LogP contribution in [-0.2, 0) is 10.8 Å². The second-order valence-corrected chi connectivity index (χ2v) is 18.6. The van der Waals surface area contributed by atoms with Gasteiger partial charge in [-0.05, 0) is 105 Å². The molecular formula is C56H48BN3. The molecule has 0 fully saturated rings. The fourth-order valence-electron chi connectivity index (χ4n) is 9.86. The number of aromatic nitrogens is 1. The smallest absolute Gasteiger partial charge is 0.333 e. The van der Waals surface area contributed by atoms with Gasteiger partial charge in [-0.25, -0.2) is 0 Å². The van der Waals surface area contributed by atoms with Gasteiger partial charge in [0.15, 0.2) is 0 Å². The molecule has 11 rings (SSSR count). The highest BCUT2D eigenvalue weighted by Crippen LogP contribution is 2.50. The van der Waals surface area contributed by atoms with Crippen LogP contribution in [-0.4, -0.2) is 11.3 Å². The third-order valence-corrected chi connectivity index (χ3v) is 12.8. The lowest BCUT2D eigenvalue weighted by molar-refractivity contribution is 0.590. The Bertz CT molecular complexity index is 3080. The molecule has 0 amide bonds. The maximum Gasteiger partial charge on any atom is 0.333 e. The first-order valence-corrected chi connectivity index (χ1v) is 21.3. The summed E-state index contributed by atoms with van der Waals surface area (Å²) in [4.78, 5) is 5.01. The maximum atomic E-state index is 2.66. The van der Waals surface area contributed by atoms with Crippen molar-refractivity contribution < 1.29 is 0 Å². The molecule has 3 nitrogen and oxygen atoms in total. The lowest BCUT2D eigenvalue weighted by Gasteiger charge is -2.42. The fourth-order valence-corrected chi connectivity index (χ4v) is 9.86. The zero-order valence-electron chi connectivity index (χ0n) is 35.2. The Hall–Kier alpha value is -6.78. The van der Waals surface area contributed by atoms with Gasteiger partial charge in [-0.2, -0.15) is 0 Å². The average molecular weight is 774 g/mol. The SMILES string of the molecule is CC(C)(C)c1ccc(N2c3cc(N(c4ccccc4)c4ccccc4)ccc3B3c4c(cc(C(C)(C)C)cc42)-c2cccc4c5ccccc5n3c24)c(-c2ccccc2)c1. The Morgan fingerprint density at radius 2 is 1.05 bits per heavy atom. The molecule has 0 bridgehead atoms. The molecule has 8 aromatic carbocycles. The zero-order valence-corrected chi connectivity index (χ0v) is 35.2. The van der Waals surface area contributed by atoms with Gasteiger partial charge in [-0.15, -0.1) is 0 Å². The van der Waals surface area contributed by atoms with Gasteiger partial charge in [-0.1, -0.05) is 163 Å². The number of nitrogens with zero attached hydrogens (tertiary/aromatic N) is 3. The molecule has 1 aromatic heterocycles. The Morgan fingerprint density at radius 3 is 1.73 bits per heavy atom. The third kappa shape index (κ3) is 5.58. The molecule has 0 radical (unpaired) electrons. The Balaban J connectivity index is 1.29. The summed E-state index contributed by atoms with van der Waals surface area (Å²) >= 11 is 0. The van der Waals surface area contributed by atoms with Crippen molar-refractivity contribution >= 4 is 73.7 Å². The van der Waals surface area contributed by atoms with Gasteiger partial charge in [0.25, 0.3) is 0 Å². The molecule has 4 heteroatoms. The summed E-state index contributed by atoms with van der Waals surface area (Å²) in [6.45, 7) is 14.0. The average Bonchev–Trinajstić information content (AvgIpc) is 3.60. The minimum absolute atomic E-state index is 0.0259. The van der Waals surface area contributed by atoms with Crippen molar-refractivity contribution in [2.75, 3.05) is 9.80 Å². The van der Waals surface area contributed by atoms with Crippen molar-refractivity contribution in [3.05, 3.63) is 193 Å². The van der Waals surface area contributed by atoms with Crippen LogP contribution in [0.3, 0.4) is 0 Å². The normalized spacial score (nSPS) is 13.1. The Labute approximate surface area is 354 Å². The van der Waals surface area contributed by atoms with Gasteiger partial charge < -0.3 is 14.3 Å². The molecule has 2 aliphatic heterocycles. The standard InChI is InChI=1S/C56H48BN3/c1-55(2,3)38-29-32-49(46(33-38)37-19-10-7-11-20-37)59-51-36-42(58(40-21-12-8-13-22-40)41-23-14-9-15-24-41)30-31-48(51)57-53-47(34-39(35-52(53)59)56(4,5)6)45-27-18-26-44-43-25-16-17-28-50(43)60(57)54(44)45/h7-36H,1-6H3. The highest BCUT2D eigenvalue weighted by atomic mass is 15.2. The zero-order chi connectivity index (χ0) is 40.9. The van der Waals surface area contributed by atoms with E-state index in [-0.39, 0.29) is 17.7 Å². The van der Waals surface area contributed by atoms with Gasteiger partial charge in [0.05, 0.1) is 5.69 Å². The number of para-hydroxylation sites is 4. The number of rotatable bonds is 5. The van der Waals surface area contributed by atoms with Crippen molar-refractivity contribution in [2.24, 2.45) is 0 Å². The van der Waals surface area contributed by atoms with Crippen LogP contribution >= 0.6 is 0 Å². The molecule has 290 valence electrons. The predicted molar refractivity (Wildman–Crippen MR) is 258 cm³/mol. The van der Waals surface area contributed by atoms with Gasteiger partial charge in [-0.3, -0.25) is 0 Å². The van der Waals surface area contributed by atoms with E-state index >= 15 is 0 Å². The summed E-state index contributed by atoms with van der Waals surface area (Å²) < 4.78 is 2.66. The maximum absolute atomic E-state index is 2.66. The van der Waals surface area contributed by atoms with Crippen LogP contribution in [0.2, 0.25) is 0 Å². The molecule has 0 spiro atoms. The quantitative estimate of drug-likeness (QED) is 0.161. The summed E-state index contributed by atoms with van der Waals surface area (Å²) in [6, 6.07) is 67.9. The predicted octanol–water partition coefficient (Wildman–Crippen LogP) is 13.9. The molecule has 0 N–H and O–H groups in total. The van der Waals surface area contributed by atoms with Crippen LogP contribution < -0.4 is 20.7 Å². The van der Waals surface area contributed by atoms with E-state index in [2.05, 4.69) is 238 Å². The Morgan fingerprint density at radius 1 is 0.433 bits per heavy atom. The van der Waals surface area contributed by atoms with Crippen molar-refractivity contribution in [1.82, 2.24) is 4.48 Å².